The van der Waals surface area contributed by atoms with Crippen LogP contribution in [0.1, 0.15) is 0 Å². The summed E-state index contributed by atoms with van der Waals surface area (Å²) in [5.41, 5.74) is 6.25. The fourth-order valence-corrected chi connectivity index (χ4v) is 2.03. The van der Waals surface area contributed by atoms with Crippen molar-refractivity contribution in [3.63, 3.8) is 0 Å². The zero-order chi connectivity index (χ0) is 14.7. The van der Waals surface area contributed by atoms with E-state index in [1.54, 1.807) is 7.11 Å². The Morgan fingerprint density at radius 2 is 2.10 bits per heavy atom. The second kappa shape index (κ2) is 6.15. The summed E-state index contributed by atoms with van der Waals surface area (Å²) in [5.74, 6) is -1.62. The van der Waals surface area contributed by atoms with Crippen molar-refractivity contribution in [1.29, 1.82) is 0 Å². The number of ether oxygens (including phenoxy) is 1. The molecule has 1 aromatic carbocycles. The van der Waals surface area contributed by atoms with E-state index in [1.807, 2.05) is 11.9 Å². The number of fused-ring (bicyclic) bond motifs is 1. The molecule has 110 valence electrons. The number of imidazole rings is 1. The van der Waals surface area contributed by atoms with Crippen LogP contribution in [0.5, 0.6) is 0 Å². The predicted molar refractivity (Wildman–Crippen MR) is 73.4 cm³/mol. The molecule has 0 aliphatic heterocycles. The Kier molecular flexibility index (Phi) is 4.51. The summed E-state index contributed by atoms with van der Waals surface area (Å²) in [4.78, 5) is 6.07. The molecular weight excluding hydrogens is 266 g/mol. The predicted octanol–water partition coefficient (Wildman–Crippen LogP) is 1.47. The number of nitrogens with two attached hydrogens (primary N) is 1. The number of anilines is 1. The van der Waals surface area contributed by atoms with Crippen LogP contribution in [0.25, 0.3) is 11.0 Å². The molecule has 0 saturated heterocycles. The molecule has 2 rings (SSSR count). The lowest BCUT2D eigenvalue weighted by molar-refractivity contribution is 0.159. The van der Waals surface area contributed by atoms with Crippen LogP contribution < -0.4 is 5.73 Å². The van der Waals surface area contributed by atoms with Crippen LogP contribution in [0.3, 0.4) is 0 Å². The van der Waals surface area contributed by atoms with Gasteiger partial charge in [0.15, 0.2) is 11.6 Å². The highest BCUT2D eigenvalue weighted by atomic mass is 19.2. The summed E-state index contributed by atoms with van der Waals surface area (Å²) < 4.78 is 33.7. The van der Waals surface area contributed by atoms with Crippen LogP contribution in [-0.4, -0.2) is 48.3 Å². The molecule has 7 heteroatoms. The minimum Gasteiger partial charge on any atom is -0.383 e. The summed E-state index contributed by atoms with van der Waals surface area (Å²) in [5, 5.41) is 0. The van der Waals surface area contributed by atoms with Gasteiger partial charge in [-0.25, -0.2) is 13.8 Å². The van der Waals surface area contributed by atoms with Crippen LogP contribution in [-0.2, 0) is 11.3 Å². The van der Waals surface area contributed by atoms with Gasteiger partial charge in [0.1, 0.15) is 5.52 Å². The van der Waals surface area contributed by atoms with E-state index in [0.717, 1.165) is 12.6 Å². The van der Waals surface area contributed by atoms with Gasteiger partial charge in [0.2, 0.25) is 5.95 Å². The Labute approximate surface area is 115 Å². The van der Waals surface area contributed by atoms with Gasteiger partial charge < -0.3 is 19.9 Å². The first-order chi connectivity index (χ1) is 9.54. The standard InChI is InChI=1S/C13H18F2N4O/c1-18(7-8-20-2)5-6-19-12-10(17-13(19)16)4-3-9(14)11(12)15/h3-4H,5-8H2,1-2H3,(H2,16,17). The molecule has 0 saturated carbocycles. The van der Waals surface area contributed by atoms with Gasteiger partial charge in [-0.3, -0.25) is 0 Å². The smallest absolute Gasteiger partial charge is 0.201 e. The van der Waals surface area contributed by atoms with Crippen LogP contribution in [0.4, 0.5) is 14.7 Å². The van der Waals surface area contributed by atoms with Crippen LogP contribution in [0, 0.1) is 11.6 Å². The molecule has 1 aromatic heterocycles. The molecule has 0 aliphatic rings. The molecule has 20 heavy (non-hydrogen) atoms. The maximum absolute atomic E-state index is 13.9. The molecule has 0 radical (unpaired) electrons. The monoisotopic (exact) mass is 284 g/mol. The number of hydrogen-bond donors (Lipinski definition) is 1. The van der Waals surface area contributed by atoms with E-state index in [1.165, 1.54) is 10.6 Å². The number of methoxy groups -OCH3 is 1. The van der Waals surface area contributed by atoms with Gasteiger partial charge in [-0.1, -0.05) is 0 Å². The molecule has 2 aromatic rings. The van der Waals surface area contributed by atoms with Crippen molar-refractivity contribution in [1.82, 2.24) is 14.5 Å². The average Bonchev–Trinajstić information content (AvgIpc) is 2.75. The third kappa shape index (κ3) is 2.88. The summed E-state index contributed by atoms with van der Waals surface area (Å²) in [6, 6.07) is 2.48. The molecule has 0 aliphatic carbocycles. The van der Waals surface area contributed by atoms with Crippen LogP contribution in [0.2, 0.25) is 0 Å². The van der Waals surface area contributed by atoms with Crippen molar-refractivity contribution in [2.45, 2.75) is 6.54 Å². The van der Waals surface area contributed by atoms with Gasteiger partial charge in [0.25, 0.3) is 0 Å². The topological polar surface area (TPSA) is 56.3 Å². The number of aromatic nitrogens is 2. The molecule has 1 heterocycles. The van der Waals surface area contributed by atoms with E-state index in [9.17, 15) is 8.78 Å². The van der Waals surface area contributed by atoms with Crippen molar-refractivity contribution in [2.75, 3.05) is 39.6 Å². The maximum Gasteiger partial charge on any atom is 0.201 e. The SMILES string of the molecule is COCCN(C)CCn1c(N)nc2ccc(F)c(F)c21. The molecule has 0 atom stereocenters. The quantitative estimate of drug-likeness (QED) is 0.873. The Morgan fingerprint density at radius 3 is 2.80 bits per heavy atom. The van der Waals surface area contributed by atoms with Crippen molar-refractivity contribution in [3.05, 3.63) is 23.8 Å². The van der Waals surface area contributed by atoms with Gasteiger partial charge >= 0.3 is 0 Å². The highest BCUT2D eigenvalue weighted by Crippen LogP contribution is 2.22. The third-order valence-electron chi connectivity index (χ3n) is 3.21. The summed E-state index contributed by atoms with van der Waals surface area (Å²) in [7, 11) is 3.55. The fourth-order valence-electron chi connectivity index (χ4n) is 2.03. The molecule has 0 amide bonds. The average molecular weight is 284 g/mol. The van der Waals surface area contributed by atoms with Gasteiger partial charge in [-0.05, 0) is 19.2 Å². The lowest BCUT2D eigenvalue weighted by Crippen LogP contribution is -2.27. The Bertz CT molecular complexity index is 600. The summed E-state index contributed by atoms with van der Waals surface area (Å²) >= 11 is 0. The first-order valence-corrected chi connectivity index (χ1v) is 6.31. The summed E-state index contributed by atoms with van der Waals surface area (Å²) in [6.45, 7) is 2.43. The number of benzene rings is 1. The number of hydrogen-bond acceptors (Lipinski definition) is 4. The lowest BCUT2D eigenvalue weighted by Gasteiger charge is -2.17. The molecule has 0 spiro atoms. The number of nitrogens with zero attached hydrogens (tertiary/aromatic N) is 3. The molecule has 5 nitrogen and oxygen atoms in total. The largest absolute Gasteiger partial charge is 0.383 e. The molecule has 0 bridgehead atoms. The Balaban J connectivity index is 2.21. The first-order valence-electron chi connectivity index (χ1n) is 6.31. The number of rotatable bonds is 6. The van der Waals surface area contributed by atoms with Gasteiger partial charge in [0, 0.05) is 26.7 Å². The van der Waals surface area contributed by atoms with Crippen LogP contribution in [0.15, 0.2) is 12.1 Å². The number of halogens is 2. The summed E-state index contributed by atoms with van der Waals surface area (Å²) in [6.07, 6.45) is 0. The minimum absolute atomic E-state index is 0.114. The van der Waals surface area contributed by atoms with E-state index in [2.05, 4.69) is 4.98 Å². The normalized spacial score (nSPS) is 11.7. The van der Waals surface area contributed by atoms with E-state index in [0.29, 0.717) is 25.2 Å². The highest BCUT2D eigenvalue weighted by Gasteiger charge is 2.16. The van der Waals surface area contributed by atoms with E-state index in [4.69, 9.17) is 10.5 Å². The van der Waals surface area contributed by atoms with Gasteiger partial charge in [-0.2, -0.15) is 0 Å². The third-order valence-corrected chi connectivity index (χ3v) is 3.21. The lowest BCUT2D eigenvalue weighted by atomic mass is 10.3. The fraction of sp³-hybridized carbons (Fsp3) is 0.462. The number of likely N-dealkylation sites (N-methyl/N-ethyl adjacent to an activating group) is 1. The van der Waals surface area contributed by atoms with Crippen molar-refractivity contribution >= 4 is 17.0 Å². The highest BCUT2D eigenvalue weighted by molar-refractivity contribution is 5.79. The van der Waals surface area contributed by atoms with E-state index in [-0.39, 0.29) is 11.5 Å². The van der Waals surface area contributed by atoms with Gasteiger partial charge in [-0.15, -0.1) is 0 Å². The van der Waals surface area contributed by atoms with E-state index >= 15 is 0 Å². The maximum atomic E-state index is 13.9. The minimum atomic E-state index is -0.911. The number of nitrogen functional groups attached to an aromatic ring is 1. The van der Waals surface area contributed by atoms with E-state index < -0.39 is 11.6 Å². The molecular formula is C13H18F2N4O. The zero-order valence-electron chi connectivity index (χ0n) is 11.6. The van der Waals surface area contributed by atoms with Crippen LogP contribution >= 0.6 is 0 Å². The Morgan fingerprint density at radius 1 is 1.35 bits per heavy atom. The second-order valence-corrected chi connectivity index (χ2v) is 4.65. The van der Waals surface area contributed by atoms with Gasteiger partial charge in [0.05, 0.1) is 12.1 Å². The molecule has 2 N–H and O–H groups in total. The van der Waals surface area contributed by atoms with Crippen molar-refractivity contribution in [3.8, 4) is 0 Å². The van der Waals surface area contributed by atoms with Crippen molar-refractivity contribution in [2.24, 2.45) is 0 Å². The first kappa shape index (κ1) is 14.7. The van der Waals surface area contributed by atoms with Crippen molar-refractivity contribution < 1.29 is 13.5 Å². The molecule has 0 unspecified atom stereocenters. The zero-order valence-corrected chi connectivity index (χ0v) is 11.6. The Hall–Kier alpha value is -1.73. The molecule has 0 fully saturated rings. The second-order valence-electron chi connectivity index (χ2n) is 4.65.